The summed E-state index contributed by atoms with van der Waals surface area (Å²) in [7, 11) is 0. The number of thiazole rings is 1. The van der Waals surface area contributed by atoms with Gasteiger partial charge in [0.15, 0.2) is 5.57 Å². The van der Waals surface area contributed by atoms with Crippen molar-refractivity contribution in [1.82, 2.24) is 9.55 Å². The van der Waals surface area contributed by atoms with E-state index in [0.717, 1.165) is 22.5 Å². The molecule has 1 N–H and O–H groups in total. The molecule has 0 fully saturated rings. The van der Waals surface area contributed by atoms with Crippen LogP contribution in [0.1, 0.15) is 30.9 Å². The van der Waals surface area contributed by atoms with Crippen LogP contribution >= 0.6 is 11.3 Å². The Morgan fingerprint density at radius 1 is 1.09 bits per heavy atom. The highest BCUT2D eigenvalue weighted by Crippen LogP contribution is 2.17. The number of benzene rings is 2. The van der Waals surface area contributed by atoms with Gasteiger partial charge < -0.3 is 5.32 Å². The second kappa shape index (κ2) is 10.1. The lowest BCUT2D eigenvalue weighted by atomic mass is 10.0. The molecule has 1 amide bonds. The van der Waals surface area contributed by atoms with Crippen molar-refractivity contribution in [2.24, 2.45) is 0 Å². The summed E-state index contributed by atoms with van der Waals surface area (Å²) >= 11 is 1.10. The molecular weight excluding hydrogens is 444 g/mol. The molecular formula is C27H22N4O2S. The van der Waals surface area contributed by atoms with E-state index < -0.39 is 5.91 Å². The topological polar surface area (TPSA) is 87.8 Å². The molecule has 0 atom stereocenters. The molecule has 168 valence electrons. The van der Waals surface area contributed by atoms with Crippen molar-refractivity contribution in [3.8, 4) is 11.8 Å². The van der Waals surface area contributed by atoms with Gasteiger partial charge in [-0.25, -0.2) is 0 Å². The van der Waals surface area contributed by atoms with Gasteiger partial charge in [0.05, 0.1) is 10.2 Å². The number of nitrogens with one attached hydrogen (secondary N) is 1. The molecule has 0 saturated heterocycles. The maximum absolute atomic E-state index is 13.4. The highest BCUT2D eigenvalue weighted by Gasteiger charge is 2.17. The Labute approximate surface area is 200 Å². The minimum absolute atomic E-state index is 0.135. The predicted octanol–water partition coefficient (Wildman–Crippen LogP) is 3.56. The molecule has 0 aliphatic rings. The van der Waals surface area contributed by atoms with Crippen molar-refractivity contribution in [2.75, 3.05) is 5.32 Å². The Balaban J connectivity index is 1.87. The number of nitrogens with zero attached hydrogens (tertiary/aromatic N) is 3. The number of nitriles is 1. The van der Waals surface area contributed by atoms with Gasteiger partial charge in [0.25, 0.3) is 11.5 Å². The molecule has 4 aromatic rings. The number of aromatic nitrogens is 2. The van der Waals surface area contributed by atoms with Crippen LogP contribution in [0.25, 0.3) is 17.3 Å². The van der Waals surface area contributed by atoms with Crippen molar-refractivity contribution in [2.45, 2.75) is 19.8 Å². The van der Waals surface area contributed by atoms with E-state index in [1.54, 1.807) is 48.8 Å². The maximum Gasteiger partial charge on any atom is 0.273 e. The Morgan fingerprint density at radius 3 is 2.44 bits per heavy atom. The number of hydrogen-bond acceptors (Lipinski definition) is 5. The number of hydrogen-bond donors (Lipinski definition) is 1. The first-order valence-corrected chi connectivity index (χ1v) is 11.5. The lowest BCUT2D eigenvalue weighted by molar-refractivity contribution is -0.111. The van der Waals surface area contributed by atoms with Gasteiger partial charge in [-0.15, -0.1) is 11.3 Å². The first-order valence-electron chi connectivity index (χ1n) is 10.7. The van der Waals surface area contributed by atoms with Gasteiger partial charge in [-0.1, -0.05) is 50.2 Å². The molecule has 0 radical (unpaired) electrons. The fourth-order valence-corrected chi connectivity index (χ4v) is 4.52. The lowest BCUT2D eigenvalue weighted by Gasteiger charge is -2.08. The number of carbonyl (C=O) groups excluding carboxylic acids is 1. The Morgan fingerprint density at radius 2 is 1.82 bits per heavy atom. The van der Waals surface area contributed by atoms with Crippen LogP contribution < -0.4 is 20.1 Å². The van der Waals surface area contributed by atoms with Crippen LogP contribution in [-0.4, -0.2) is 15.5 Å². The van der Waals surface area contributed by atoms with E-state index in [0.29, 0.717) is 21.8 Å². The van der Waals surface area contributed by atoms with Crippen LogP contribution in [0.15, 0.2) is 83.9 Å². The van der Waals surface area contributed by atoms with Crippen molar-refractivity contribution < 1.29 is 4.79 Å². The monoisotopic (exact) mass is 466 g/mol. The molecule has 6 nitrogen and oxygen atoms in total. The summed E-state index contributed by atoms with van der Waals surface area (Å²) in [5, 5.41) is 12.7. The van der Waals surface area contributed by atoms with Crippen LogP contribution in [0.4, 0.5) is 5.69 Å². The average molecular weight is 467 g/mol. The molecule has 2 aromatic heterocycles. The largest absolute Gasteiger partial charge is 0.321 e. The Kier molecular flexibility index (Phi) is 6.81. The third kappa shape index (κ3) is 4.87. The predicted molar refractivity (Wildman–Crippen MR) is 135 cm³/mol. The summed E-state index contributed by atoms with van der Waals surface area (Å²) in [4.78, 5) is 30.6. The molecule has 0 spiro atoms. The van der Waals surface area contributed by atoms with Crippen molar-refractivity contribution in [3.05, 3.63) is 110 Å². The van der Waals surface area contributed by atoms with Gasteiger partial charge in [-0.3, -0.25) is 19.1 Å². The number of anilines is 1. The second-order valence-corrected chi connectivity index (χ2v) is 8.93. The van der Waals surface area contributed by atoms with E-state index in [9.17, 15) is 14.9 Å². The second-order valence-electron chi connectivity index (χ2n) is 7.90. The fraction of sp³-hybridized carbons (Fsp3) is 0.111. The van der Waals surface area contributed by atoms with Crippen molar-refractivity contribution in [1.29, 1.82) is 5.26 Å². The molecule has 0 unspecified atom stereocenters. The molecule has 4 rings (SSSR count). The van der Waals surface area contributed by atoms with Crippen molar-refractivity contribution >= 4 is 34.6 Å². The van der Waals surface area contributed by atoms with E-state index in [2.05, 4.69) is 24.1 Å². The summed E-state index contributed by atoms with van der Waals surface area (Å²) in [6.07, 6.45) is 5.01. The Bertz CT molecular complexity index is 1530. The van der Waals surface area contributed by atoms with Gasteiger partial charge in [-0.2, -0.15) is 5.26 Å². The van der Waals surface area contributed by atoms with Crippen LogP contribution in [0.3, 0.4) is 0 Å². The number of amides is 1. The number of rotatable bonds is 5. The minimum atomic E-state index is -0.571. The van der Waals surface area contributed by atoms with Gasteiger partial charge in [-0.05, 0) is 53.5 Å². The maximum atomic E-state index is 13.4. The molecule has 0 aliphatic carbocycles. The third-order valence-electron chi connectivity index (χ3n) is 5.21. The van der Waals surface area contributed by atoms with E-state index in [1.807, 2.05) is 42.5 Å². The lowest BCUT2D eigenvalue weighted by Crippen LogP contribution is -2.32. The Hall–Kier alpha value is -4.28. The standard InChI is InChI=1S/C27H22N4O2S/c1-18(2)20-10-12-21(13-11-20)30-25(32)23(16-28)27-31(22-8-4-3-5-9-22)26(33)24(34-27)15-19-7-6-14-29-17-19/h3-15,17-18H,1-2H3,(H,30,32)/b24-15+,27-23+. The quantitative estimate of drug-likeness (QED) is 0.487. The minimum Gasteiger partial charge on any atom is -0.321 e. The fourth-order valence-electron chi connectivity index (χ4n) is 3.41. The molecule has 2 aromatic carbocycles. The van der Waals surface area contributed by atoms with E-state index in [-0.39, 0.29) is 15.8 Å². The van der Waals surface area contributed by atoms with Crippen molar-refractivity contribution in [3.63, 3.8) is 0 Å². The van der Waals surface area contributed by atoms with Crippen LogP contribution in [0.2, 0.25) is 0 Å². The summed E-state index contributed by atoms with van der Waals surface area (Å²) in [5.41, 5.74) is 2.61. The van der Waals surface area contributed by atoms with E-state index in [4.69, 9.17) is 0 Å². The molecule has 0 aliphatic heterocycles. The highest BCUT2D eigenvalue weighted by molar-refractivity contribution is 7.07. The van der Waals surface area contributed by atoms with Crippen LogP contribution in [-0.2, 0) is 4.79 Å². The number of pyridine rings is 1. The SMILES string of the molecule is CC(C)c1ccc(NC(=O)/C(C#N)=c2/s/c(=C/c3cccnc3)c(=O)n2-c2ccccc2)cc1. The first-order chi connectivity index (χ1) is 16.5. The molecule has 0 bridgehead atoms. The highest BCUT2D eigenvalue weighted by atomic mass is 32.1. The summed E-state index contributed by atoms with van der Waals surface area (Å²) < 4.78 is 2.08. The zero-order valence-corrected chi connectivity index (χ0v) is 19.5. The summed E-state index contributed by atoms with van der Waals surface area (Å²) in [6, 6.07) is 22.1. The zero-order chi connectivity index (χ0) is 24.1. The summed E-state index contributed by atoms with van der Waals surface area (Å²) in [6.45, 7) is 4.18. The number of para-hydroxylation sites is 1. The molecule has 2 heterocycles. The molecule has 7 heteroatoms. The zero-order valence-electron chi connectivity index (χ0n) is 18.7. The first kappa shape index (κ1) is 22.9. The third-order valence-corrected chi connectivity index (χ3v) is 6.30. The van der Waals surface area contributed by atoms with Gasteiger partial charge in [0.1, 0.15) is 10.7 Å². The molecule has 0 saturated carbocycles. The average Bonchev–Trinajstić information content (AvgIpc) is 3.16. The van der Waals surface area contributed by atoms with E-state index >= 15 is 0 Å². The smallest absolute Gasteiger partial charge is 0.273 e. The van der Waals surface area contributed by atoms with E-state index in [1.165, 1.54) is 4.57 Å². The number of carbonyl (C=O) groups is 1. The van der Waals surface area contributed by atoms with Gasteiger partial charge in [0, 0.05) is 18.1 Å². The van der Waals surface area contributed by atoms with Crippen LogP contribution in [0, 0.1) is 11.3 Å². The van der Waals surface area contributed by atoms with Gasteiger partial charge in [0.2, 0.25) is 0 Å². The van der Waals surface area contributed by atoms with Gasteiger partial charge >= 0.3 is 0 Å². The molecule has 34 heavy (non-hydrogen) atoms. The normalized spacial score (nSPS) is 12.4. The van der Waals surface area contributed by atoms with Crippen LogP contribution in [0.5, 0.6) is 0 Å². The summed E-state index contributed by atoms with van der Waals surface area (Å²) in [5.74, 6) is -0.203.